The summed E-state index contributed by atoms with van der Waals surface area (Å²) in [7, 11) is 0. The Morgan fingerprint density at radius 2 is 1.77 bits per heavy atom. The van der Waals surface area contributed by atoms with Crippen LogP contribution in [0.2, 0.25) is 0 Å². The molecule has 5 rings (SSSR count). The standard InChI is InChI=1S/C24H22N6O/c31-24(30-13-11-25-12-14-30)18-6-4-5-17(15-18)20-9-10-21-22(29-20)23(27-16-26-21)28-19-7-2-1-3-8-19/h1-10,15-16,25H,11-14H2,(H,26,27,28). The number of aromatic nitrogens is 3. The maximum Gasteiger partial charge on any atom is 0.253 e. The van der Waals surface area contributed by atoms with Crippen LogP contribution in [0, 0.1) is 0 Å². The summed E-state index contributed by atoms with van der Waals surface area (Å²) in [6.45, 7) is 3.11. The first-order chi connectivity index (χ1) is 15.3. The highest BCUT2D eigenvalue weighted by molar-refractivity contribution is 5.96. The summed E-state index contributed by atoms with van der Waals surface area (Å²) in [4.78, 5) is 28.4. The Labute approximate surface area is 180 Å². The molecule has 2 aromatic heterocycles. The molecule has 0 spiro atoms. The largest absolute Gasteiger partial charge is 0.338 e. The summed E-state index contributed by atoms with van der Waals surface area (Å²) in [5.74, 6) is 0.699. The summed E-state index contributed by atoms with van der Waals surface area (Å²) in [6, 6.07) is 21.3. The Balaban J connectivity index is 1.49. The first-order valence-electron chi connectivity index (χ1n) is 10.3. The lowest BCUT2D eigenvalue weighted by Crippen LogP contribution is -2.46. The summed E-state index contributed by atoms with van der Waals surface area (Å²) in [6.07, 6.45) is 1.53. The molecule has 3 heterocycles. The summed E-state index contributed by atoms with van der Waals surface area (Å²) in [5.41, 5.74) is 4.70. The summed E-state index contributed by atoms with van der Waals surface area (Å²) < 4.78 is 0. The Bertz CT molecular complexity index is 1220. The maximum atomic E-state index is 12.9. The first kappa shape index (κ1) is 19.1. The molecule has 0 radical (unpaired) electrons. The number of carbonyl (C=O) groups excluding carboxylic acids is 1. The van der Waals surface area contributed by atoms with E-state index in [4.69, 9.17) is 4.98 Å². The lowest BCUT2D eigenvalue weighted by atomic mass is 10.1. The van der Waals surface area contributed by atoms with Crippen molar-refractivity contribution in [3.63, 3.8) is 0 Å². The van der Waals surface area contributed by atoms with Crippen molar-refractivity contribution in [1.82, 2.24) is 25.2 Å². The average molecular weight is 410 g/mol. The van der Waals surface area contributed by atoms with Crippen molar-refractivity contribution in [2.75, 3.05) is 31.5 Å². The second-order valence-electron chi connectivity index (χ2n) is 7.40. The van der Waals surface area contributed by atoms with Crippen molar-refractivity contribution in [3.05, 3.63) is 78.6 Å². The number of amides is 1. The molecule has 1 aliphatic rings. The minimum atomic E-state index is 0.0545. The zero-order chi connectivity index (χ0) is 21.0. The van der Waals surface area contributed by atoms with E-state index in [1.54, 1.807) is 0 Å². The number of hydrogen-bond donors (Lipinski definition) is 2. The number of carbonyl (C=O) groups is 1. The number of nitrogens with zero attached hydrogens (tertiary/aromatic N) is 4. The number of piperazine rings is 1. The predicted octanol–water partition coefficient (Wildman–Crippen LogP) is 3.48. The van der Waals surface area contributed by atoms with Crippen molar-refractivity contribution in [3.8, 4) is 11.3 Å². The van der Waals surface area contributed by atoms with Crippen LogP contribution < -0.4 is 10.6 Å². The van der Waals surface area contributed by atoms with Crippen molar-refractivity contribution in [2.24, 2.45) is 0 Å². The molecule has 7 nitrogen and oxygen atoms in total. The van der Waals surface area contributed by atoms with Gasteiger partial charge in [-0.3, -0.25) is 4.79 Å². The fraction of sp³-hybridized carbons (Fsp3) is 0.167. The van der Waals surface area contributed by atoms with Gasteiger partial charge in [0.05, 0.1) is 11.2 Å². The first-order valence-corrected chi connectivity index (χ1v) is 10.3. The van der Waals surface area contributed by atoms with Gasteiger partial charge in [-0.1, -0.05) is 30.3 Å². The topological polar surface area (TPSA) is 83.0 Å². The number of para-hydroxylation sites is 1. The van der Waals surface area contributed by atoms with Crippen LogP contribution in [0.15, 0.2) is 73.1 Å². The van der Waals surface area contributed by atoms with E-state index < -0.39 is 0 Å². The molecular weight excluding hydrogens is 388 g/mol. The molecule has 4 aromatic rings. The van der Waals surface area contributed by atoms with E-state index in [9.17, 15) is 4.79 Å². The summed E-state index contributed by atoms with van der Waals surface area (Å²) >= 11 is 0. The minimum Gasteiger partial charge on any atom is -0.338 e. The van der Waals surface area contributed by atoms with E-state index >= 15 is 0 Å². The molecular formula is C24H22N6O. The Hall–Kier alpha value is -3.84. The lowest BCUT2D eigenvalue weighted by Gasteiger charge is -2.27. The van der Waals surface area contributed by atoms with Crippen LogP contribution in [-0.2, 0) is 0 Å². The van der Waals surface area contributed by atoms with Crippen LogP contribution in [0.3, 0.4) is 0 Å². The molecule has 7 heteroatoms. The molecule has 0 atom stereocenters. The number of fused-ring (bicyclic) bond motifs is 1. The number of pyridine rings is 1. The molecule has 0 bridgehead atoms. The molecule has 1 amide bonds. The smallest absolute Gasteiger partial charge is 0.253 e. The van der Waals surface area contributed by atoms with E-state index in [2.05, 4.69) is 20.6 Å². The molecule has 2 N–H and O–H groups in total. The molecule has 154 valence electrons. The van der Waals surface area contributed by atoms with Crippen LogP contribution >= 0.6 is 0 Å². The van der Waals surface area contributed by atoms with E-state index in [0.29, 0.717) is 16.9 Å². The van der Waals surface area contributed by atoms with E-state index in [-0.39, 0.29) is 5.91 Å². The molecule has 2 aromatic carbocycles. The second kappa shape index (κ2) is 8.49. The predicted molar refractivity (Wildman–Crippen MR) is 121 cm³/mol. The second-order valence-corrected chi connectivity index (χ2v) is 7.40. The normalized spacial score (nSPS) is 13.9. The number of benzene rings is 2. The molecule has 1 saturated heterocycles. The van der Waals surface area contributed by atoms with Crippen molar-refractivity contribution in [2.45, 2.75) is 0 Å². The summed E-state index contributed by atoms with van der Waals surface area (Å²) in [5, 5.41) is 6.59. The number of rotatable bonds is 4. The van der Waals surface area contributed by atoms with Gasteiger partial charge < -0.3 is 15.5 Å². The van der Waals surface area contributed by atoms with Crippen LogP contribution in [0.5, 0.6) is 0 Å². The quantitative estimate of drug-likeness (QED) is 0.536. The molecule has 31 heavy (non-hydrogen) atoms. The minimum absolute atomic E-state index is 0.0545. The molecule has 0 aliphatic carbocycles. The van der Waals surface area contributed by atoms with Gasteiger partial charge in [0.15, 0.2) is 5.82 Å². The fourth-order valence-corrected chi connectivity index (χ4v) is 3.71. The van der Waals surface area contributed by atoms with E-state index in [0.717, 1.165) is 48.6 Å². The van der Waals surface area contributed by atoms with Crippen molar-refractivity contribution >= 4 is 28.4 Å². The van der Waals surface area contributed by atoms with Gasteiger partial charge >= 0.3 is 0 Å². The number of nitrogens with one attached hydrogen (secondary N) is 2. The van der Waals surface area contributed by atoms with E-state index in [1.165, 1.54) is 6.33 Å². The van der Waals surface area contributed by atoms with Gasteiger partial charge in [-0.15, -0.1) is 0 Å². The third kappa shape index (κ3) is 4.08. The molecule has 0 unspecified atom stereocenters. The third-order valence-electron chi connectivity index (χ3n) is 5.33. The van der Waals surface area contributed by atoms with Crippen molar-refractivity contribution in [1.29, 1.82) is 0 Å². The van der Waals surface area contributed by atoms with Gasteiger partial charge in [-0.25, -0.2) is 15.0 Å². The van der Waals surface area contributed by atoms with Gasteiger partial charge in [0.25, 0.3) is 5.91 Å². The van der Waals surface area contributed by atoms with E-state index in [1.807, 2.05) is 71.6 Å². The van der Waals surface area contributed by atoms with Gasteiger partial charge in [-0.2, -0.15) is 0 Å². The van der Waals surface area contributed by atoms with Gasteiger partial charge in [0.2, 0.25) is 0 Å². The monoisotopic (exact) mass is 410 g/mol. The molecule has 1 fully saturated rings. The lowest BCUT2D eigenvalue weighted by molar-refractivity contribution is 0.0736. The Morgan fingerprint density at radius 3 is 2.61 bits per heavy atom. The highest BCUT2D eigenvalue weighted by Crippen LogP contribution is 2.26. The van der Waals surface area contributed by atoms with Crippen LogP contribution in [0.25, 0.3) is 22.3 Å². The van der Waals surface area contributed by atoms with Crippen molar-refractivity contribution < 1.29 is 4.79 Å². The van der Waals surface area contributed by atoms with Crippen LogP contribution in [-0.4, -0.2) is 51.9 Å². The average Bonchev–Trinajstić information content (AvgIpc) is 2.85. The van der Waals surface area contributed by atoms with Gasteiger partial charge in [-0.05, 0) is 36.4 Å². The Kier molecular flexibility index (Phi) is 5.24. The molecule has 0 saturated carbocycles. The highest BCUT2D eigenvalue weighted by atomic mass is 16.2. The van der Waals surface area contributed by atoms with Crippen LogP contribution in [0.4, 0.5) is 11.5 Å². The SMILES string of the molecule is O=C(c1cccc(-c2ccc3ncnc(Nc4ccccc4)c3n2)c1)N1CCNCC1. The zero-order valence-corrected chi connectivity index (χ0v) is 17.0. The van der Waals surface area contributed by atoms with Crippen LogP contribution in [0.1, 0.15) is 10.4 Å². The number of hydrogen-bond acceptors (Lipinski definition) is 6. The van der Waals surface area contributed by atoms with Gasteiger partial charge in [0.1, 0.15) is 11.8 Å². The molecule has 1 aliphatic heterocycles. The Morgan fingerprint density at radius 1 is 0.935 bits per heavy atom. The third-order valence-corrected chi connectivity index (χ3v) is 5.33. The zero-order valence-electron chi connectivity index (χ0n) is 17.0. The van der Waals surface area contributed by atoms with Gasteiger partial charge in [0, 0.05) is 43.0 Å². The highest BCUT2D eigenvalue weighted by Gasteiger charge is 2.18. The maximum absolute atomic E-state index is 12.9. The number of anilines is 2. The fourth-order valence-electron chi connectivity index (χ4n) is 3.71.